The number of hydrogen-bond donors (Lipinski definition) is 1. The van der Waals surface area contributed by atoms with Crippen molar-refractivity contribution in [1.29, 1.82) is 0 Å². The molecule has 1 saturated heterocycles. The maximum Gasteiger partial charge on any atom is 0.168 e. The van der Waals surface area contributed by atoms with Gasteiger partial charge in [-0.15, -0.1) is 0 Å². The van der Waals surface area contributed by atoms with Crippen molar-refractivity contribution in [2.45, 2.75) is 68.9 Å². The fraction of sp³-hybridized carbons (Fsp3) is 1.00. The Hall–Kier alpha value is 0.230. The molecule has 112 valence electrons. The quantitative estimate of drug-likeness (QED) is 0.813. The lowest BCUT2D eigenvalue weighted by Crippen LogP contribution is -2.46. The van der Waals surface area contributed by atoms with Crippen LogP contribution in [0.5, 0.6) is 0 Å². The summed E-state index contributed by atoms with van der Waals surface area (Å²) in [6.07, 6.45) is 9.17. The summed E-state index contributed by atoms with van der Waals surface area (Å²) in [6.45, 7) is 7.29. The molecule has 1 heterocycles. The van der Waals surface area contributed by atoms with E-state index in [1.807, 2.05) is 11.8 Å². The van der Waals surface area contributed by atoms with Crippen LogP contribution in [-0.4, -0.2) is 42.6 Å². The molecule has 0 radical (unpaired) electrons. The van der Waals surface area contributed by atoms with Gasteiger partial charge in [0, 0.05) is 30.2 Å². The summed E-state index contributed by atoms with van der Waals surface area (Å²) in [6, 6.07) is 0.642. The highest BCUT2D eigenvalue weighted by Crippen LogP contribution is 2.36. The lowest BCUT2D eigenvalue weighted by molar-refractivity contribution is -0.179. The van der Waals surface area contributed by atoms with E-state index < -0.39 is 0 Å². The molecule has 19 heavy (non-hydrogen) atoms. The SMILES string of the molecule is CCC(CC)(CNC1CCC2(CC1)OCCO2)SC. The second kappa shape index (κ2) is 6.79. The normalized spacial score (nSPS) is 24.2. The molecule has 0 aromatic heterocycles. The molecule has 3 nitrogen and oxygen atoms in total. The summed E-state index contributed by atoms with van der Waals surface area (Å²) in [4.78, 5) is 0. The lowest BCUT2D eigenvalue weighted by atomic mass is 9.89. The Morgan fingerprint density at radius 1 is 1.16 bits per heavy atom. The number of hydrogen-bond acceptors (Lipinski definition) is 4. The van der Waals surface area contributed by atoms with Gasteiger partial charge in [-0.2, -0.15) is 11.8 Å². The molecular weight excluding hydrogens is 258 g/mol. The summed E-state index contributed by atoms with van der Waals surface area (Å²) in [5.74, 6) is -0.218. The van der Waals surface area contributed by atoms with Crippen molar-refractivity contribution in [2.75, 3.05) is 26.0 Å². The first kappa shape index (κ1) is 15.6. The molecule has 1 aliphatic carbocycles. The largest absolute Gasteiger partial charge is 0.348 e. The molecular formula is C15H29NO2S. The monoisotopic (exact) mass is 287 g/mol. The van der Waals surface area contributed by atoms with Gasteiger partial charge in [0.25, 0.3) is 0 Å². The summed E-state index contributed by atoms with van der Waals surface area (Å²) in [5.41, 5.74) is 0. The van der Waals surface area contributed by atoms with E-state index in [4.69, 9.17) is 9.47 Å². The molecule has 2 rings (SSSR count). The zero-order valence-corrected chi connectivity index (χ0v) is 13.5. The van der Waals surface area contributed by atoms with Crippen LogP contribution in [0.25, 0.3) is 0 Å². The van der Waals surface area contributed by atoms with Crippen LogP contribution in [0.4, 0.5) is 0 Å². The van der Waals surface area contributed by atoms with Gasteiger partial charge < -0.3 is 14.8 Å². The van der Waals surface area contributed by atoms with E-state index in [-0.39, 0.29) is 5.79 Å². The van der Waals surface area contributed by atoms with Crippen LogP contribution in [0.1, 0.15) is 52.4 Å². The van der Waals surface area contributed by atoms with Gasteiger partial charge in [-0.1, -0.05) is 13.8 Å². The highest BCUT2D eigenvalue weighted by molar-refractivity contribution is 8.00. The van der Waals surface area contributed by atoms with Crippen LogP contribution < -0.4 is 5.32 Å². The first-order valence-corrected chi connectivity index (χ1v) is 8.96. The highest BCUT2D eigenvalue weighted by Gasteiger charge is 2.40. The molecule has 1 aliphatic heterocycles. The topological polar surface area (TPSA) is 30.5 Å². The Labute approximate surface area is 122 Å². The Balaban J connectivity index is 1.76. The van der Waals surface area contributed by atoms with Gasteiger partial charge in [-0.25, -0.2) is 0 Å². The molecule has 0 atom stereocenters. The van der Waals surface area contributed by atoms with Crippen LogP contribution in [0, 0.1) is 0 Å². The first-order valence-electron chi connectivity index (χ1n) is 7.74. The Morgan fingerprint density at radius 2 is 1.74 bits per heavy atom. The molecule has 4 heteroatoms. The third kappa shape index (κ3) is 3.66. The molecule has 0 aromatic carbocycles. The minimum absolute atomic E-state index is 0.218. The zero-order valence-electron chi connectivity index (χ0n) is 12.7. The second-order valence-electron chi connectivity index (χ2n) is 5.86. The lowest BCUT2D eigenvalue weighted by Gasteiger charge is -2.38. The van der Waals surface area contributed by atoms with Gasteiger partial charge in [-0.05, 0) is 31.9 Å². The molecule has 1 N–H and O–H groups in total. The van der Waals surface area contributed by atoms with Crippen molar-refractivity contribution in [3.05, 3.63) is 0 Å². The van der Waals surface area contributed by atoms with E-state index in [0.717, 1.165) is 32.6 Å². The van der Waals surface area contributed by atoms with Crippen LogP contribution in [-0.2, 0) is 9.47 Å². The van der Waals surface area contributed by atoms with Gasteiger partial charge in [-0.3, -0.25) is 0 Å². The van der Waals surface area contributed by atoms with Gasteiger partial charge >= 0.3 is 0 Å². The van der Waals surface area contributed by atoms with E-state index >= 15 is 0 Å². The standard InChI is InChI=1S/C15H29NO2S/c1-4-14(5-2,19-3)12-16-13-6-8-15(9-7-13)17-10-11-18-15/h13,16H,4-12H2,1-3H3. The summed E-state index contributed by atoms with van der Waals surface area (Å²) in [7, 11) is 0. The minimum Gasteiger partial charge on any atom is -0.348 e. The smallest absolute Gasteiger partial charge is 0.168 e. The van der Waals surface area contributed by atoms with Crippen molar-refractivity contribution in [3.8, 4) is 0 Å². The number of ether oxygens (including phenoxy) is 2. The maximum absolute atomic E-state index is 5.78. The predicted molar refractivity (Wildman–Crippen MR) is 81.7 cm³/mol. The minimum atomic E-state index is -0.218. The van der Waals surface area contributed by atoms with Crippen LogP contribution >= 0.6 is 11.8 Å². The third-order valence-corrected chi connectivity index (χ3v) is 6.58. The van der Waals surface area contributed by atoms with Crippen LogP contribution in [0.15, 0.2) is 0 Å². The second-order valence-corrected chi connectivity index (χ2v) is 7.13. The molecule has 0 aromatic rings. The number of rotatable bonds is 6. The van der Waals surface area contributed by atoms with Crippen LogP contribution in [0.3, 0.4) is 0 Å². The van der Waals surface area contributed by atoms with Crippen molar-refractivity contribution >= 4 is 11.8 Å². The average molecular weight is 287 g/mol. The van der Waals surface area contributed by atoms with Crippen molar-refractivity contribution in [2.24, 2.45) is 0 Å². The Kier molecular flexibility index (Phi) is 5.58. The molecule has 2 fully saturated rings. The molecule has 2 aliphatic rings. The average Bonchev–Trinajstić information content (AvgIpc) is 2.91. The van der Waals surface area contributed by atoms with Crippen LogP contribution in [0.2, 0.25) is 0 Å². The maximum atomic E-state index is 5.78. The van der Waals surface area contributed by atoms with E-state index in [0.29, 0.717) is 10.8 Å². The van der Waals surface area contributed by atoms with Gasteiger partial charge in [0.2, 0.25) is 0 Å². The molecule has 0 amide bonds. The zero-order chi connectivity index (χ0) is 13.8. The fourth-order valence-electron chi connectivity index (χ4n) is 3.24. The first-order chi connectivity index (χ1) is 9.17. The molecule has 0 bridgehead atoms. The highest BCUT2D eigenvalue weighted by atomic mass is 32.2. The van der Waals surface area contributed by atoms with E-state index in [1.165, 1.54) is 25.7 Å². The fourth-order valence-corrected chi connectivity index (χ4v) is 4.04. The van der Waals surface area contributed by atoms with E-state index in [1.54, 1.807) is 0 Å². The Morgan fingerprint density at radius 3 is 2.21 bits per heavy atom. The molecule has 1 saturated carbocycles. The summed E-state index contributed by atoms with van der Waals surface area (Å²) < 4.78 is 12.0. The van der Waals surface area contributed by atoms with Gasteiger partial charge in [0.05, 0.1) is 13.2 Å². The number of thioether (sulfide) groups is 1. The summed E-state index contributed by atoms with van der Waals surface area (Å²) in [5, 5.41) is 3.79. The van der Waals surface area contributed by atoms with E-state index in [2.05, 4.69) is 25.4 Å². The van der Waals surface area contributed by atoms with E-state index in [9.17, 15) is 0 Å². The molecule has 1 spiro atoms. The van der Waals surface area contributed by atoms with Crippen molar-refractivity contribution in [1.82, 2.24) is 5.32 Å². The molecule has 0 unspecified atom stereocenters. The Bertz CT molecular complexity index is 257. The predicted octanol–water partition coefficient (Wildman–Crippen LogP) is 3.18. The van der Waals surface area contributed by atoms with Gasteiger partial charge in [0.1, 0.15) is 0 Å². The van der Waals surface area contributed by atoms with Gasteiger partial charge in [0.15, 0.2) is 5.79 Å². The summed E-state index contributed by atoms with van der Waals surface area (Å²) >= 11 is 2.01. The van der Waals surface area contributed by atoms with Crippen molar-refractivity contribution < 1.29 is 9.47 Å². The number of nitrogens with one attached hydrogen (secondary N) is 1. The van der Waals surface area contributed by atoms with Crippen molar-refractivity contribution in [3.63, 3.8) is 0 Å². The third-order valence-electron chi connectivity index (χ3n) is 5.00.